The zero-order chi connectivity index (χ0) is 19.8. The molecule has 2 heterocycles. The van der Waals surface area contributed by atoms with Crippen molar-refractivity contribution < 1.29 is 19.4 Å². The molecule has 0 saturated heterocycles. The van der Waals surface area contributed by atoms with Crippen LogP contribution in [0.4, 0.5) is 0 Å². The summed E-state index contributed by atoms with van der Waals surface area (Å²) in [5.74, 6) is -0.330. The van der Waals surface area contributed by atoms with Crippen molar-refractivity contribution in [3.05, 3.63) is 90.4 Å². The lowest BCUT2D eigenvalue weighted by atomic mass is 10.1. The van der Waals surface area contributed by atoms with Crippen LogP contribution in [0.2, 0.25) is 0 Å². The SMILES string of the molecule is O=C(OCc1ccccc1)c1ccc(-c2ccn3ncnc3c2)cc1.O=CO. The lowest BCUT2D eigenvalue weighted by molar-refractivity contribution is -0.122. The Hall–Kier alpha value is -4.00. The molecular formula is C21H17N3O4. The van der Waals surface area contributed by atoms with E-state index in [4.69, 9.17) is 14.6 Å². The molecule has 2 aromatic carbocycles. The lowest BCUT2D eigenvalue weighted by Gasteiger charge is -2.06. The van der Waals surface area contributed by atoms with Crippen LogP contribution >= 0.6 is 0 Å². The van der Waals surface area contributed by atoms with Crippen LogP contribution in [0.1, 0.15) is 15.9 Å². The van der Waals surface area contributed by atoms with E-state index in [2.05, 4.69) is 10.1 Å². The second-order valence-corrected chi connectivity index (χ2v) is 5.72. The quantitative estimate of drug-likeness (QED) is 0.434. The average Bonchev–Trinajstić information content (AvgIpc) is 3.21. The van der Waals surface area contributed by atoms with Crippen molar-refractivity contribution in [3.63, 3.8) is 0 Å². The highest BCUT2D eigenvalue weighted by molar-refractivity contribution is 5.90. The van der Waals surface area contributed by atoms with Crippen LogP contribution in [0.25, 0.3) is 16.8 Å². The summed E-state index contributed by atoms with van der Waals surface area (Å²) in [6, 6.07) is 20.9. The molecule has 0 spiro atoms. The number of pyridine rings is 1. The van der Waals surface area contributed by atoms with Crippen LogP contribution in [-0.4, -0.2) is 32.1 Å². The highest BCUT2D eigenvalue weighted by Gasteiger charge is 2.08. The molecule has 0 radical (unpaired) electrons. The number of nitrogens with zero attached hydrogens (tertiary/aromatic N) is 3. The topological polar surface area (TPSA) is 93.8 Å². The Morgan fingerprint density at radius 1 is 1.04 bits per heavy atom. The van der Waals surface area contributed by atoms with Gasteiger partial charge in [0.25, 0.3) is 6.47 Å². The van der Waals surface area contributed by atoms with E-state index in [0.29, 0.717) is 5.56 Å². The summed E-state index contributed by atoms with van der Waals surface area (Å²) < 4.78 is 7.05. The summed E-state index contributed by atoms with van der Waals surface area (Å²) in [6.07, 6.45) is 3.38. The maximum atomic E-state index is 12.2. The lowest BCUT2D eigenvalue weighted by Crippen LogP contribution is -2.05. The number of hydrogen-bond donors (Lipinski definition) is 1. The van der Waals surface area contributed by atoms with E-state index < -0.39 is 0 Å². The number of esters is 1. The van der Waals surface area contributed by atoms with Crippen molar-refractivity contribution in [1.29, 1.82) is 0 Å². The number of carboxylic acid groups (broad SMARTS) is 1. The Morgan fingerprint density at radius 2 is 1.75 bits per heavy atom. The summed E-state index contributed by atoms with van der Waals surface area (Å²) in [7, 11) is 0. The van der Waals surface area contributed by atoms with Crippen LogP contribution in [0.5, 0.6) is 0 Å². The van der Waals surface area contributed by atoms with Crippen molar-refractivity contribution in [2.45, 2.75) is 6.61 Å². The summed E-state index contributed by atoms with van der Waals surface area (Å²) >= 11 is 0. The van der Waals surface area contributed by atoms with Crippen LogP contribution < -0.4 is 0 Å². The van der Waals surface area contributed by atoms with E-state index in [0.717, 1.165) is 22.3 Å². The zero-order valence-corrected chi connectivity index (χ0v) is 14.8. The van der Waals surface area contributed by atoms with Gasteiger partial charge in [0.1, 0.15) is 12.9 Å². The standard InChI is InChI=1S/C20H15N3O2.CH2O2/c24-20(25-13-15-4-2-1-3-5-15)17-8-6-16(7-9-17)18-10-11-23-19(12-18)21-14-22-23;2-1-3/h1-12,14H,13H2;1H,(H,2,3). The number of carbonyl (C=O) groups excluding carboxylic acids is 1. The van der Waals surface area contributed by atoms with Crippen molar-refractivity contribution in [3.8, 4) is 11.1 Å². The molecule has 0 saturated carbocycles. The van der Waals surface area contributed by atoms with Gasteiger partial charge in [-0.1, -0.05) is 42.5 Å². The maximum Gasteiger partial charge on any atom is 0.338 e. The number of rotatable bonds is 4. The molecule has 0 aliphatic rings. The van der Waals surface area contributed by atoms with Gasteiger partial charge in [-0.3, -0.25) is 4.79 Å². The number of fused-ring (bicyclic) bond motifs is 1. The zero-order valence-electron chi connectivity index (χ0n) is 14.8. The first-order valence-electron chi connectivity index (χ1n) is 8.40. The minimum atomic E-state index is -0.330. The van der Waals surface area contributed by atoms with Crippen LogP contribution in [-0.2, 0) is 16.1 Å². The average molecular weight is 375 g/mol. The van der Waals surface area contributed by atoms with Gasteiger partial charge in [-0.15, -0.1) is 0 Å². The second kappa shape index (κ2) is 9.09. The maximum absolute atomic E-state index is 12.2. The fraction of sp³-hybridized carbons (Fsp3) is 0.0476. The van der Waals surface area contributed by atoms with E-state index in [1.165, 1.54) is 6.33 Å². The normalized spacial score (nSPS) is 10.0. The van der Waals surface area contributed by atoms with Gasteiger partial charge in [0.05, 0.1) is 5.56 Å². The van der Waals surface area contributed by atoms with Gasteiger partial charge in [0.15, 0.2) is 5.65 Å². The van der Waals surface area contributed by atoms with Crippen molar-refractivity contribution in [1.82, 2.24) is 14.6 Å². The molecule has 0 aliphatic heterocycles. The monoisotopic (exact) mass is 375 g/mol. The summed E-state index contributed by atoms with van der Waals surface area (Å²) in [4.78, 5) is 24.7. The fourth-order valence-corrected chi connectivity index (χ4v) is 2.60. The molecule has 7 heteroatoms. The number of benzene rings is 2. The summed E-state index contributed by atoms with van der Waals surface area (Å²) in [5.41, 5.74) is 4.30. The summed E-state index contributed by atoms with van der Waals surface area (Å²) in [6.45, 7) is 0.0188. The minimum absolute atomic E-state index is 0.250. The largest absolute Gasteiger partial charge is 0.483 e. The first kappa shape index (κ1) is 18.8. The van der Waals surface area contributed by atoms with Crippen LogP contribution in [0, 0.1) is 0 Å². The fourth-order valence-electron chi connectivity index (χ4n) is 2.60. The third-order valence-electron chi connectivity index (χ3n) is 3.95. The number of aromatic nitrogens is 3. The van der Waals surface area contributed by atoms with Gasteiger partial charge in [-0.25, -0.2) is 14.3 Å². The van der Waals surface area contributed by atoms with Gasteiger partial charge >= 0.3 is 5.97 Å². The van der Waals surface area contributed by atoms with Crippen molar-refractivity contribution >= 4 is 18.1 Å². The van der Waals surface area contributed by atoms with Gasteiger partial charge in [0, 0.05) is 6.20 Å². The second-order valence-electron chi connectivity index (χ2n) is 5.72. The molecule has 28 heavy (non-hydrogen) atoms. The van der Waals surface area contributed by atoms with E-state index in [1.54, 1.807) is 16.6 Å². The third-order valence-corrected chi connectivity index (χ3v) is 3.95. The molecule has 4 aromatic rings. The third kappa shape index (κ3) is 4.59. The first-order chi connectivity index (χ1) is 13.7. The van der Waals surface area contributed by atoms with Crippen LogP contribution in [0.3, 0.4) is 0 Å². The minimum Gasteiger partial charge on any atom is -0.483 e. The molecule has 0 bridgehead atoms. The summed E-state index contributed by atoms with van der Waals surface area (Å²) in [5, 5.41) is 11.0. The van der Waals surface area contributed by atoms with Gasteiger partial charge < -0.3 is 9.84 Å². The van der Waals surface area contributed by atoms with Gasteiger partial charge in [0.2, 0.25) is 0 Å². The molecule has 0 atom stereocenters. The smallest absolute Gasteiger partial charge is 0.338 e. The molecule has 2 aromatic heterocycles. The van der Waals surface area contributed by atoms with E-state index in [9.17, 15) is 4.79 Å². The predicted molar refractivity (Wildman–Crippen MR) is 103 cm³/mol. The Bertz CT molecular complexity index is 1060. The molecular weight excluding hydrogens is 358 g/mol. The number of hydrogen-bond acceptors (Lipinski definition) is 5. The van der Waals surface area contributed by atoms with Crippen molar-refractivity contribution in [2.24, 2.45) is 0 Å². The van der Waals surface area contributed by atoms with Crippen molar-refractivity contribution in [2.75, 3.05) is 0 Å². The Kier molecular flexibility index (Phi) is 6.10. The Balaban J connectivity index is 0.000000706. The number of ether oxygens (including phenoxy) is 1. The molecule has 7 nitrogen and oxygen atoms in total. The highest BCUT2D eigenvalue weighted by atomic mass is 16.5. The molecule has 1 N–H and O–H groups in total. The first-order valence-corrected chi connectivity index (χ1v) is 8.40. The molecule has 0 aliphatic carbocycles. The molecule has 4 rings (SSSR count). The molecule has 0 amide bonds. The van der Waals surface area contributed by atoms with E-state index in [-0.39, 0.29) is 19.0 Å². The van der Waals surface area contributed by atoms with Gasteiger partial charge in [-0.05, 0) is 41.0 Å². The van der Waals surface area contributed by atoms with E-state index in [1.807, 2.05) is 60.8 Å². The van der Waals surface area contributed by atoms with Gasteiger partial charge in [-0.2, -0.15) is 5.10 Å². The molecule has 0 unspecified atom stereocenters. The molecule has 140 valence electrons. The Labute approximate surface area is 160 Å². The highest BCUT2D eigenvalue weighted by Crippen LogP contribution is 2.21. The predicted octanol–water partition coefficient (Wildman–Crippen LogP) is 3.45. The molecule has 0 fully saturated rings. The Morgan fingerprint density at radius 3 is 2.46 bits per heavy atom. The number of carbonyl (C=O) groups is 2. The van der Waals surface area contributed by atoms with Crippen LogP contribution in [0.15, 0.2) is 79.3 Å². The van der Waals surface area contributed by atoms with E-state index >= 15 is 0 Å².